The molecule has 0 unspecified atom stereocenters. The van der Waals surface area contributed by atoms with Crippen LogP contribution in [-0.2, 0) is 16.0 Å². The molecule has 0 spiro atoms. The van der Waals surface area contributed by atoms with E-state index < -0.39 is 11.6 Å². The second-order valence-electron chi connectivity index (χ2n) is 8.60. The number of hydrogen-bond acceptors (Lipinski definition) is 6. The van der Waals surface area contributed by atoms with E-state index in [1.807, 2.05) is 48.5 Å². The number of amides is 1. The molecule has 0 radical (unpaired) electrons. The Labute approximate surface area is 212 Å². The Bertz CT molecular complexity index is 1150. The van der Waals surface area contributed by atoms with Gasteiger partial charge < -0.3 is 24.3 Å². The molecule has 0 fully saturated rings. The molecular formula is C29H33NO6. The Morgan fingerprint density at radius 2 is 1.39 bits per heavy atom. The molecule has 3 aromatic rings. The standard InChI is InChI=1S/C29H33NO6/c1-6-35-28(32)29(2,3)36-23-16-14-22(15-17-23)21-12-10-20(11-13-21)18-19-30-27(31)26-24(33-4)8-7-9-25(26)34-5/h7-17H,6,18-19H2,1-5H3,(H,30,31). The molecule has 7 nitrogen and oxygen atoms in total. The van der Waals surface area contributed by atoms with Crippen molar-refractivity contribution in [3.8, 4) is 28.4 Å². The minimum atomic E-state index is -1.06. The Hall–Kier alpha value is -4.00. The number of methoxy groups -OCH3 is 2. The van der Waals surface area contributed by atoms with Crippen LogP contribution in [0.3, 0.4) is 0 Å². The molecule has 0 heterocycles. The highest BCUT2D eigenvalue weighted by Gasteiger charge is 2.31. The maximum atomic E-state index is 12.7. The van der Waals surface area contributed by atoms with E-state index >= 15 is 0 Å². The minimum absolute atomic E-state index is 0.241. The summed E-state index contributed by atoms with van der Waals surface area (Å²) in [5, 5.41) is 2.94. The monoisotopic (exact) mass is 491 g/mol. The number of rotatable bonds is 11. The molecule has 0 aliphatic carbocycles. The number of benzene rings is 3. The van der Waals surface area contributed by atoms with Gasteiger partial charge in [-0.2, -0.15) is 0 Å². The van der Waals surface area contributed by atoms with Crippen LogP contribution in [0.2, 0.25) is 0 Å². The Morgan fingerprint density at radius 3 is 1.92 bits per heavy atom. The van der Waals surface area contributed by atoms with Gasteiger partial charge in [-0.25, -0.2) is 4.79 Å². The zero-order chi connectivity index (χ0) is 26.1. The van der Waals surface area contributed by atoms with Crippen LogP contribution in [-0.4, -0.2) is 44.8 Å². The maximum absolute atomic E-state index is 12.7. The molecule has 1 amide bonds. The van der Waals surface area contributed by atoms with Gasteiger partial charge in [-0.1, -0.05) is 42.5 Å². The van der Waals surface area contributed by atoms with E-state index in [-0.39, 0.29) is 5.91 Å². The van der Waals surface area contributed by atoms with Gasteiger partial charge in [0, 0.05) is 6.54 Å². The number of carbonyl (C=O) groups excluding carboxylic acids is 2. The first kappa shape index (κ1) is 26.6. The third-order valence-electron chi connectivity index (χ3n) is 5.64. The smallest absolute Gasteiger partial charge is 0.349 e. The molecule has 0 bridgehead atoms. The summed E-state index contributed by atoms with van der Waals surface area (Å²) in [6.07, 6.45) is 0.680. The Kier molecular flexibility index (Phi) is 8.95. The van der Waals surface area contributed by atoms with Crippen molar-refractivity contribution < 1.29 is 28.5 Å². The topological polar surface area (TPSA) is 83.1 Å². The number of ether oxygens (including phenoxy) is 4. The van der Waals surface area contributed by atoms with Crippen LogP contribution in [0.25, 0.3) is 11.1 Å². The molecule has 36 heavy (non-hydrogen) atoms. The third kappa shape index (κ3) is 6.56. The first-order chi connectivity index (χ1) is 17.3. The lowest BCUT2D eigenvalue weighted by Gasteiger charge is -2.24. The highest BCUT2D eigenvalue weighted by molar-refractivity contribution is 5.99. The predicted octanol–water partition coefficient (Wildman–Crippen LogP) is 5.06. The summed E-state index contributed by atoms with van der Waals surface area (Å²) in [5.74, 6) is 0.891. The molecule has 0 aromatic heterocycles. The van der Waals surface area contributed by atoms with Crippen LogP contribution in [0, 0.1) is 0 Å². The van der Waals surface area contributed by atoms with Crippen molar-refractivity contribution in [2.24, 2.45) is 0 Å². The van der Waals surface area contributed by atoms with Gasteiger partial charge in [-0.05, 0) is 68.1 Å². The van der Waals surface area contributed by atoms with Crippen LogP contribution in [0.5, 0.6) is 17.2 Å². The van der Waals surface area contributed by atoms with Gasteiger partial charge in [-0.3, -0.25) is 4.79 Å². The van der Waals surface area contributed by atoms with Crippen molar-refractivity contribution in [3.63, 3.8) is 0 Å². The molecular weight excluding hydrogens is 458 g/mol. The largest absolute Gasteiger partial charge is 0.496 e. The van der Waals surface area contributed by atoms with E-state index in [0.29, 0.717) is 42.4 Å². The summed E-state index contributed by atoms with van der Waals surface area (Å²) in [4.78, 5) is 24.8. The predicted molar refractivity (Wildman–Crippen MR) is 139 cm³/mol. The van der Waals surface area contributed by atoms with Crippen LogP contribution < -0.4 is 19.5 Å². The molecule has 7 heteroatoms. The normalized spacial score (nSPS) is 10.9. The number of esters is 1. The fourth-order valence-corrected chi connectivity index (χ4v) is 3.70. The summed E-state index contributed by atoms with van der Waals surface area (Å²) in [6, 6.07) is 21.0. The second-order valence-corrected chi connectivity index (χ2v) is 8.60. The van der Waals surface area contributed by atoms with Crippen molar-refractivity contribution in [2.45, 2.75) is 32.8 Å². The van der Waals surface area contributed by atoms with Crippen molar-refractivity contribution in [1.82, 2.24) is 5.32 Å². The molecule has 0 atom stereocenters. The average Bonchev–Trinajstić information content (AvgIpc) is 2.89. The van der Waals surface area contributed by atoms with Gasteiger partial charge in [0.2, 0.25) is 0 Å². The lowest BCUT2D eigenvalue weighted by molar-refractivity contribution is -0.158. The zero-order valence-corrected chi connectivity index (χ0v) is 21.4. The first-order valence-electron chi connectivity index (χ1n) is 11.8. The van der Waals surface area contributed by atoms with Crippen molar-refractivity contribution in [3.05, 3.63) is 77.9 Å². The SMILES string of the molecule is CCOC(=O)C(C)(C)Oc1ccc(-c2ccc(CCNC(=O)c3c(OC)cccc3OC)cc2)cc1. The summed E-state index contributed by atoms with van der Waals surface area (Å²) >= 11 is 0. The Morgan fingerprint density at radius 1 is 0.833 bits per heavy atom. The lowest BCUT2D eigenvalue weighted by atomic mass is 10.0. The zero-order valence-electron chi connectivity index (χ0n) is 21.4. The highest BCUT2D eigenvalue weighted by atomic mass is 16.6. The van der Waals surface area contributed by atoms with E-state index in [1.54, 1.807) is 39.0 Å². The second kappa shape index (κ2) is 12.1. The minimum Gasteiger partial charge on any atom is -0.496 e. The van der Waals surface area contributed by atoms with Crippen molar-refractivity contribution in [1.29, 1.82) is 0 Å². The van der Waals surface area contributed by atoms with Gasteiger partial charge in [0.25, 0.3) is 5.91 Å². The fraction of sp³-hybridized carbons (Fsp3) is 0.310. The van der Waals surface area contributed by atoms with Crippen LogP contribution >= 0.6 is 0 Å². The van der Waals surface area contributed by atoms with E-state index in [9.17, 15) is 9.59 Å². The van der Waals surface area contributed by atoms with E-state index in [1.165, 1.54) is 14.2 Å². The first-order valence-corrected chi connectivity index (χ1v) is 11.8. The van der Waals surface area contributed by atoms with E-state index in [2.05, 4.69) is 5.32 Å². The van der Waals surface area contributed by atoms with Crippen LogP contribution in [0.4, 0.5) is 0 Å². The van der Waals surface area contributed by atoms with Crippen LogP contribution in [0.15, 0.2) is 66.7 Å². The molecule has 3 rings (SSSR count). The van der Waals surface area contributed by atoms with E-state index in [0.717, 1.165) is 16.7 Å². The average molecular weight is 492 g/mol. The summed E-state index contributed by atoms with van der Waals surface area (Å²) in [5.41, 5.74) is 2.50. The Balaban J connectivity index is 1.57. The number of nitrogens with one attached hydrogen (secondary N) is 1. The maximum Gasteiger partial charge on any atom is 0.349 e. The molecule has 0 saturated carbocycles. The molecule has 0 saturated heterocycles. The van der Waals surface area contributed by atoms with Gasteiger partial charge in [-0.15, -0.1) is 0 Å². The summed E-state index contributed by atoms with van der Waals surface area (Å²) in [7, 11) is 3.05. The van der Waals surface area contributed by atoms with Gasteiger partial charge >= 0.3 is 5.97 Å². The van der Waals surface area contributed by atoms with Crippen LogP contribution in [0.1, 0.15) is 36.7 Å². The molecule has 0 aliphatic heterocycles. The fourth-order valence-electron chi connectivity index (χ4n) is 3.70. The molecule has 0 aliphatic rings. The lowest BCUT2D eigenvalue weighted by Crippen LogP contribution is -2.39. The number of carbonyl (C=O) groups is 2. The summed E-state index contributed by atoms with van der Waals surface area (Å²) < 4.78 is 21.5. The van der Waals surface area contributed by atoms with Gasteiger partial charge in [0.15, 0.2) is 5.60 Å². The third-order valence-corrected chi connectivity index (χ3v) is 5.64. The molecule has 1 N–H and O–H groups in total. The molecule has 190 valence electrons. The van der Waals surface area contributed by atoms with Crippen molar-refractivity contribution >= 4 is 11.9 Å². The quantitative estimate of drug-likeness (QED) is 0.378. The van der Waals surface area contributed by atoms with E-state index in [4.69, 9.17) is 18.9 Å². The molecule has 3 aromatic carbocycles. The number of hydrogen-bond donors (Lipinski definition) is 1. The highest BCUT2D eigenvalue weighted by Crippen LogP contribution is 2.28. The van der Waals surface area contributed by atoms with Gasteiger partial charge in [0.1, 0.15) is 22.8 Å². The van der Waals surface area contributed by atoms with Crippen molar-refractivity contribution in [2.75, 3.05) is 27.4 Å². The summed E-state index contributed by atoms with van der Waals surface area (Å²) in [6.45, 7) is 5.93. The van der Waals surface area contributed by atoms with Gasteiger partial charge in [0.05, 0.1) is 20.8 Å².